The molecule has 0 saturated carbocycles. The van der Waals surface area contributed by atoms with E-state index in [0.29, 0.717) is 0 Å². The zero-order valence-corrected chi connectivity index (χ0v) is 7.79. The van der Waals surface area contributed by atoms with Crippen LogP contribution in [0.4, 0.5) is 0 Å². The summed E-state index contributed by atoms with van der Waals surface area (Å²) in [5.74, 6) is -0.731. The molecule has 14 heavy (non-hydrogen) atoms. The smallest absolute Gasteiger partial charge is 0.338 e. The fourth-order valence-corrected chi connectivity index (χ4v) is 1.24. The van der Waals surface area contributed by atoms with Gasteiger partial charge in [-0.3, -0.25) is 0 Å². The van der Waals surface area contributed by atoms with Crippen molar-refractivity contribution in [3.63, 3.8) is 0 Å². The molecule has 0 aromatic carbocycles. The third-order valence-corrected chi connectivity index (χ3v) is 2.02. The summed E-state index contributed by atoms with van der Waals surface area (Å²) in [5, 5.41) is 27.7. The van der Waals surface area contributed by atoms with Crippen molar-refractivity contribution in [2.45, 2.75) is 31.3 Å². The van der Waals surface area contributed by atoms with Crippen LogP contribution in [0, 0.1) is 0 Å². The first-order valence-corrected chi connectivity index (χ1v) is 4.40. The summed E-state index contributed by atoms with van der Waals surface area (Å²) in [5.41, 5.74) is 0. The van der Waals surface area contributed by atoms with Gasteiger partial charge < -0.3 is 24.8 Å². The van der Waals surface area contributed by atoms with Crippen molar-refractivity contribution in [3.8, 4) is 0 Å². The highest BCUT2D eigenvalue weighted by Gasteiger charge is 2.42. The van der Waals surface area contributed by atoms with Crippen LogP contribution in [0.5, 0.6) is 0 Å². The molecule has 1 fully saturated rings. The second-order valence-corrected chi connectivity index (χ2v) is 3.05. The Balaban J connectivity index is 2.58. The number of aliphatic hydroxyl groups excluding tert-OH is 3. The van der Waals surface area contributed by atoms with Crippen molar-refractivity contribution in [1.29, 1.82) is 0 Å². The number of carbonyl (C=O) groups is 1. The minimum absolute atomic E-state index is 0.171. The van der Waals surface area contributed by atoms with E-state index in [9.17, 15) is 15.0 Å². The third kappa shape index (κ3) is 2.21. The molecule has 82 valence electrons. The van der Waals surface area contributed by atoms with E-state index in [4.69, 9.17) is 9.84 Å². The van der Waals surface area contributed by atoms with Crippen molar-refractivity contribution in [1.82, 2.24) is 0 Å². The summed E-state index contributed by atoms with van der Waals surface area (Å²) in [4.78, 5) is 11.2. The Morgan fingerprint density at radius 1 is 1.43 bits per heavy atom. The lowest BCUT2D eigenvalue weighted by Crippen LogP contribution is -2.55. The lowest BCUT2D eigenvalue weighted by Gasteiger charge is -2.33. The number of esters is 1. The predicted molar refractivity (Wildman–Crippen MR) is 44.4 cm³/mol. The maximum atomic E-state index is 11.2. The largest absolute Gasteiger partial charge is 0.464 e. The monoisotopic (exact) mass is 206 g/mol. The van der Waals surface area contributed by atoms with Gasteiger partial charge in [-0.2, -0.15) is 0 Å². The number of rotatable bonds is 2. The average molecular weight is 206 g/mol. The highest BCUT2D eigenvalue weighted by Crippen LogP contribution is 2.16. The molecule has 6 heteroatoms. The maximum Gasteiger partial charge on any atom is 0.338 e. The minimum atomic E-state index is -1.45. The first kappa shape index (κ1) is 11.4. The van der Waals surface area contributed by atoms with Crippen molar-refractivity contribution in [2.75, 3.05) is 13.2 Å². The van der Waals surface area contributed by atoms with Crippen LogP contribution in [-0.4, -0.2) is 58.9 Å². The predicted octanol–water partition coefficient (Wildman–Crippen LogP) is -1.97. The van der Waals surface area contributed by atoms with Crippen LogP contribution in [0.25, 0.3) is 0 Å². The molecule has 0 amide bonds. The number of hydrogen-bond acceptors (Lipinski definition) is 6. The van der Waals surface area contributed by atoms with Gasteiger partial charge in [0.15, 0.2) is 6.10 Å². The van der Waals surface area contributed by atoms with Gasteiger partial charge in [0.1, 0.15) is 18.3 Å². The van der Waals surface area contributed by atoms with Gasteiger partial charge in [-0.05, 0) is 6.92 Å². The first-order valence-electron chi connectivity index (χ1n) is 4.40. The Hall–Kier alpha value is -0.690. The second-order valence-electron chi connectivity index (χ2n) is 3.05. The van der Waals surface area contributed by atoms with Crippen molar-refractivity contribution in [2.24, 2.45) is 0 Å². The molecule has 0 aromatic heterocycles. The van der Waals surface area contributed by atoms with Crippen LogP contribution >= 0.6 is 0 Å². The molecule has 0 aromatic rings. The van der Waals surface area contributed by atoms with Gasteiger partial charge in [0.25, 0.3) is 0 Å². The van der Waals surface area contributed by atoms with E-state index < -0.39 is 30.4 Å². The Labute approximate surface area is 81.1 Å². The van der Waals surface area contributed by atoms with Crippen molar-refractivity contribution < 1.29 is 29.6 Å². The van der Waals surface area contributed by atoms with Gasteiger partial charge in [0.05, 0.1) is 13.2 Å². The zero-order valence-electron chi connectivity index (χ0n) is 7.79. The SMILES string of the molecule is CCOC(=O)C1OCC(O)[C@H](O)[C@@H]1O. The zero-order chi connectivity index (χ0) is 10.7. The van der Waals surface area contributed by atoms with E-state index in [2.05, 4.69) is 4.74 Å². The lowest BCUT2D eigenvalue weighted by atomic mass is 10.0. The van der Waals surface area contributed by atoms with Crippen LogP contribution < -0.4 is 0 Å². The van der Waals surface area contributed by atoms with Gasteiger partial charge >= 0.3 is 5.97 Å². The first-order chi connectivity index (χ1) is 6.57. The molecule has 3 N–H and O–H groups in total. The summed E-state index contributed by atoms with van der Waals surface area (Å²) < 4.78 is 9.47. The number of hydrogen-bond donors (Lipinski definition) is 3. The van der Waals surface area contributed by atoms with Crippen molar-refractivity contribution in [3.05, 3.63) is 0 Å². The molecule has 0 radical (unpaired) electrons. The summed E-state index contributed by atoms with van der Waals surface area (Å²) in [6.45, 7) is 1.60. The standard InChI is InChI=1S/C8H14O6/c1-2-13-8(12)7-6(11)5(10)4(9)3-14-7/h4-7,9-11H,2-3H2,1H3/t4?,5-,6-,7?/m0/s1. The van der Waals surface area contributed by atoms with Gasteiger partial charge in [-0.1, -0.05) is 0 Å². The summed E-state index contributed by atoms with van der Waals surface area (Å²) >= 11 is 0. The van der Waals surface area contributed by atoms with Gasteiger partial charge in [-0.15, -0.1) is 0 Å². The molecule has 6 nitrogen and oxygen atoms in total. The summed E-state index contributed by atoms with van der Waals surface area (Å²) in [6.07, 6.45) is -5.21. The van der Waals surface area contributed by atoms with Gasteiger partial charge in [-0.25, -0.2) is 4.79 Å². The highest BCUT2D eigenvalue weighted by atomic mass is 16.6. The minimum Gasteiger partial charge on any atom is -0.464 e. The average Bonchev–Trinajstić information content (AvgIpc) is 2.15. The van der Waals surface area contributed by atoms with Gasteiger partial charge in [0.2, 0.25) is 0 Å². The molecular formula is C8H14O6. The molecule has 0 spiro atoms. The van der Waals surface area contributed by atoms with E-state index in [1.807, 2.05) is 0 Å². The molecule has 1 saturated heterocycles. The Morgan fingerprint density at radius 2 is 2.07 bits per heavy atom. The normalized spacial score (nSPS) is 38.0. The maximum absolute atomic E-state index is 11.2. The molecule has 1 rings (SSSR count). The molecule has 1 aliphatic rings. The van der Waals surface area contributed by atoms with Crippen LogP contribution in [-0.2, 0) is 14.3 Å². The second kappa shape index (κ2) is 4.70. The van der Waals surface area contributed by atoms with E-state index in [1.165, 1.54) is 0 Å². The third-order valence-electron chi connectivity index (χ3n) is 2.02. The molecule has 1 aliphatic heterocycles. The highest BCUT2D eigenvalue weighted by molar-refractivity contribution is 5.75. The van der Waals surface area contributed by atoms with E-state index in [0.717, 1.165) is 0 Å². The lowest BCUT2D eigenvalue weighted by molar-refractivity contribution is -0.205. The van der Waals surface area contributed by atoms with Crippen LogP contribution in [0.15, 0.2) is 0 Å². The van der Waals surface area contributed by atoms with Crippen LogP contribution in [0.2, 0.25) is 0 Å². The molecule has 4 atom stereocenters. The number of carbonyl (C=O) groups excluding carboxylic acids is 1. The van der Waals surface area contributed by atoms with Crippen molar-refractivity contribution >= 4 is 5.97 Å². The Bertz CT molecular complexity index is 206. The van der Waals surface area contributed by atoms with Gasteiger partial charge in [0, 0.05) is 0 Å². The molecule has 2 unspecified atom stereocenters. The molecular weight excluding hydrogens is 192 g/mol. The molecule has 0 aliphatic carbocycles. The fourth-order valence-electron chi connectivity index (χ4n) is 1.24. The quantitative estimate of drug-likeness (QED) is 0.454. The van der Waals surface area contributed by atoms with Crippen LogP contribution in [0.1, 0.15) is 6.92 Å². The van der Waals surface area contributed by atoms with E-state index >= 15 is 0 Å². The van der Waals surface area contributed by atoms with E-state index in [1.54, 1.807) is 6.92 Å². The summed E-state index contributed by atoms with van der Waals surface area (Å²) in [7, 11) is 0. The summed E-state index contributed by atoms with van der Waals surface area (Å²) in [6, 6.07) is 0. The topological polar surface area (TPSA) is 96.2 Å². The molecule has 0 bridgehead atoms. The van der Waals surface area contributed by atoms with E-state index in [-0.39, 0.29) is 13.2 Å². The Morgan fingerprint density at radius 3 is 2.64 bits per heavy atom. The fraction of sp³-hybridized carbons (Fsp3) is 0.875. The Kier molecular flexibility index (Phi) is 3.82. The number of aliphatic hydroxyl groups is 3. The number of ether oxygens (including phenoxy) is 2. The van der Waals surface area contributed by atoms with Crippen LogP contribution in [0.3, 0.4) is 0 Å². The molecule has 1 heterocycles.